The van der Waals surface area contributed by atoms with Crippen LogP contribution in [0.4, 0.5) is 5.69 Å². The summed E-state index contributed by atoms with van der Waals surface area (Å²) < 4.78 is 1.67. The summed E-state index contributed by atoms with van der Waals surface area (Å²) in [6.07, 6.45) is 5.08. The standard InChI is InChI=1S/C20H15N7O/c21-6-7-24-20(28)17-2-1-3-19(26-17)27-18-9-13(4-5-14(18)11-25-27)15-8-16(22)12-23-10-15/h1-5,8-12H,7,22H2,(H,24,28). The Bertz CT molecular complexity index is 1220. The van der Waals surface area contributed by atoms with Gasteiger partial charge in [0.05, 0.1) is 23.5 Å². The van der Waals surface area contributed by atoms with Gasteiger partial charge < -0.3 is 11.1 Å². The van der Waals surface area contributed by atoms with E-state index in [1.807, 2.05) is 30.3 Å². The fourth-order valence-electron chi connectivity index (χ4n) is 2.87. The molecule has 0 bridgehead atoms. The zero-order valence-corrected chi connectivity index (χ0v) is 14.7. The largest absolute Gasteiger partial charge is 0.397 e. The summed E-state index contributed by atoms with van der Waals surface area (Å²) >= 11 is 0. The molecule has 0 unspecified atom stereocenters. The average molecular weight is 369 g/mol. The Balaban J connectivity index is 1.76. The zero-order chi connectivity index (χ0) is 19.5. The maximum atomic E-state index is 12.1. The number of hydrogen-bond acceptors (Lipinski definition) is 6. The lowest BCUT2D eigenvalue weighted by molar-refractivity contribution is 0.0953. The number of fused-ring (bicyclic) bond motifs is 1. The number of rotatable bonds is 4. The van der Waals surface area contributed by atoms with E-state index in [-0.39, 0.29) is 12.2 Å². The minimum absolute atomic E-state index is 0.0763. The van der Waals surface area contributed by atoms with Gasteiger partial charge in [-0.2, -0.15) is 10.4 Å². The number of carbonyl (C=O) groups is 1. The normalized spacial score (nSPS) is 10.5. The molecule has 0 radical (unpaired) electrons. The highest BCUT2D eigenvalue weighted by Gasteiger charge is 2.12. The fraction of sp³-hybridized carbons (Fsp3) is 0.0500. The van der Waals surface area contributed by atoms with Gasteiger partial charge in [-0.1, -0.05) is 18.2 Å². The van der Waals surface area contributed by atoms with Crippen LogP contribution in [0.15, 0.2) is 61.1 Å². The minimum atomic E-state index is -0.411. The average Bonchev–Trinajstić information content (AvgIpc) is 3.15. The number of hydrogen-bond donors (Lipinski definition) is 2. The molecule has 3 aromatic heterocycles. The lowest BCUT2D eigenvalue weighted by Gasteiger charge is -2.07. The Morgan fingerprint density at radius 1 is 1.14 bits per heavy atom. The van der Waals surface area contributed by atoms with Crippen molar-refractivity contribution in [3.8, 4) is 23.0 Å². The SMILES string of the molecule is N#CCNC(=O)c1cccc(-n2ncc3ccc(-c4cncc(N)c4)cc32)n1. The molecule has 3 heterocycles. The topological polar surface area (TPSA) is 123 Å². The first kappa shape index (κ1) is 17.2. The molecule has 4 rings (SSSR count). The van der Waals surface area contributed by atoms with E-state index in [0.717, 1.165) is 22.0 Å². The molecule has 1 aromatic carbocycles. The van der Waals surface area contributed by atoms with Crippen LogP contribution in [0, 0.1) is 11.3 Å². The highest BCUT2D eigenvalue weighted by molar-refractivity contribution is 5.92. The number of carbonyl (C=O) groups excluding carboxylic acids is 1. The summed E-state index contributed by atoms with van der Waals surface area (Å²) in [7, 11) is 0. The fourth-order valence-corrected chi connectivity index (χ4v) is 2.87. The molecule has 0 saturated carbocycles. The number of amides is 1. The molecule has 8 heteroatoms. The molecule has 0 saturated heterocycles. The third-order valence-corrected chi connectivity index (χ3v) is 4.18. The first-order valence-electron chi connectivity index (χ1n) is 8.47. The highest BCUT2D eigenvalue weighted by Crippen LogP contribution is 2.26. The molecule has 4 aromatic rings. The number of anilines is 1. The summed E-state index contributed by atoms with van der Waals surface area (Å²) in [5.41, 5.74) is 9.32. The van der Waals surface area contributed by atoms with Crippen molar-refractivity contribution in [1.29, 1.82) is 5.26 Å². The second-order valence-corrected chi connectivity index (χ2v) is 6.06. The molecule has 0 atom stereocenters. The van der Waals surface area contributed by atoms with Crippen LogP contribution in [0.25, 0.3) is 27.8 Å². The van der Waals surface area contributed by atoms with Crippen LogP contribution >= 0.6 is 0 Å². The number of nitrogen functional groups attached to an aromatic ring is 1. The molecule has 136 valence electrons. The quantitative estimate of drug-likeness (QED) is 0.532. The van der Waals surface area contributed by atoms with E-state index in [1.54, 1.807) is 41.5 Å². The highest BCUT2D eigenvalue weighted by atomic mass is 16.1. The van der Waals surface area contributed by atoms with Gasteiger partial charge in [0, 0.05) is 23.3 Å². The van der Waals surface area contributed by atoms with Gasteiger partial charge in [-0.25, -0.2) is 9.67 Å². The first-order valence-corrected chi connectivity index (χ1v) is 8.47. The summed E-state index contributed by atoms with van der Waals surface area (Å²) in [4.78, 5) is 20.6. The molecule has 0 spiro atoms. The van der Waals surface area contributed by atoms with Gasteiger partial charge in [0.2, 0.25) is 0 Å². The number of aromatic nitrogens is 4. The van der Waals surface area contributed by atoms with E-state index in [1.165, 1.54) is 0 Å². The maximum absolute atomic E-state index is 12.1. The van der Waals surface area contributed by atoms with Gasteiger partial charge in [-0.3, -0.25) is 9.78 Å². The second kappa shape index (κ2) is 7.17. The van der Waals surface area contributed by atoms with Crippen LogP contribution in [0.3, 0.4) is 0 Å². The monoisotopic (exact) mass is 369 g/mol. The van der Waals surface area contributed by atoms with Crippen LogP contribution < -0.4 is 11.1 Å². The van der Waals surface area contributed by atoms with Gasteiger partial charge >= 0.3 is 0 Å². The Morgan fingerprint density at radius 2 is 2.04 bits per heavy atom. The Kier molecular flexibility index (Phi) is 4.40. The molecule has 1 amide bonds. The van der Waals surface area contributed by atoms with Gasteiger partial charge in [-0.05, 0) is 29.8 Å². The molecule has 0 aliphatic carbocycles. The summed E-state index contributed by atoms with van der Waals surface area (Å²) in [6.45, 7) is -0.0763. The van der Waals surface area contributed by atoms with E-state index in [2.05, 4.69) is 20.4 Å². The van der Waals surface area contributed by atoms with Crippen LogP contribution in [-0.2, 0) is 0 Å². The van der Waals surface area contributed by atoms with Gasteiger partial charge in [0.25, 0.3) is 5.91 Å². The van der Waals surface area contributed by atoms with E-state index in [9.17, 15) is 4.79 Å². The molecular formula is C20H15N7O. The van der Waals surface area contributed by atoms with E-state index >= 15 is 0 Å². The third-order valence-electron chi connectivity index (χ3n) is 4.18. The van der Waals surface area contributed by atoms with E-state index in [0.29, 0.717) is 11.5 Å². The molecule has 0 fully saturated rings. The first-order chi connectivity index (χ1) is 13.7. The van der Waals surface area contributed by atoms with Crippen molar-refractivity contribution in [2.24, 2.45) is 0 Å². The second-order valence-electron chi connectivity index (χ2n) is 6.06. The zero-order valence-electron chi connectivity index (χ0n) is 14.7. The predicted octanol–water partition coefficient (Wildman–Crippen LogP) is 2.32. The van der Waals surface area contributed by atoms with Crippen molar-refractivity contribution in [3.63, 3.8) is 0 Å². The van der Waals surface area contributed by atoms with Gasteiger partial charge in [-0.15, -0.1) is 0 Å². The van der Waals surface area contributed by atoms with Gasteiger partial charge in [0.1, 0.15) is 12.2 Å². The number of benzene rings is 1. The van der Waals surface area contributed by atoms with Crippen molar-refractivity contribution in [1.82, 2.24) is 25.1 Å². The summed E-state index contributed by atoms with van der Waals surface area (Å²) in [5, 5.41) is 16.4. The van der Waals surface area contributed by atoms with Crippen molar-refractivity contribution >= 4 is 22.5 Å². The smallest absolute Gasteiger partial charge is 0.270 e. The maximum Gasteiger partial charge on any atom is 0.270 e. The lowest BCUT2D eigenvalue weighted by Crippen LogP contribution is -2.24. The lowest BCUT2D eigenvalue weighted by atomic mass is 10.1. The van der Waals surface area contributed by atoms with E-state index in [4.69, 9.17) is 11.0 Å². The van der Waals surface area contributed by atoms with Crippen LogP contribution in [0.1, 0.15) is 10.5 Å². The number of nitrogens with one attached hydrogen (secondary N) is 1. The van der Waals surface area contributed by atoms with Crippen molar-refractivity contribution < 1.29 is 4.79 Å². The van der Waals surface area contributed by atoms with Crippen LogP contribution in [-0.4, -0.2) is 32.2 Å². The Hall–Kier alpha value is -4.25. The molecule has 28 heavy (non-hydrogen) atoms. The number of nitrogens with zero attached hydrogens (tertiary/aromatic N) is 5. The third kappa shape index (κ3) is 3.24. The summed E-state index contributed by atoms with van der Waals surface area (Å²) in [6, 6.07) is 14.7. The molecular weight excluding hydrogens is 354 g/mol. The van der Waals surface area contributed by atoms with Crippen molar-refractivity contribution in [3.05, 3.63) is 66.7 Å². The molecule has 0 aliphatic heterocycles. The van der Waals surface area contributed by atoms with Crippen LogP contribution in [0.2, 0.25) is 0 Å². The molecule has 0 aliphatic rings. The minimum Gasteiger partial charge on any atom is -0.397 e. The van der Waals surface area contributed by atoms with Crippen molar-refractivity contribution in [2.75, 3.05) is 12.3 Å². The predicted molar refractivity (Wildman–Crippen MR) is 104 cm³/mol. The van der Waals surface area contributed by atoms with E-state index < -0.39 is 5.91 Å². The molecule has 8 nitrogen and oxygen atoms in total. The van der Waals surface area contributed by atoms with Crippen LogP contribution in [0.5, 0.6) is 0 Å². The number of nitrogens with two attached hydrogens (primary N) is 1. The van der Waals surface area contributed by atoms with Crippen molar-refractivity contribution in [2.45, 2.75) is 0 Å². The van der Waals surface area contributed by atoms with Gasteiger partial charge in [0.15, 0.2) is 5.82 Å². The number of pyridine rings is 2. The molecule has 3 N–H and O–H groups in total. The Morgan fingerprint density at radius 3 is 2.86 bits per heavy atom. The number of nitriles is 1. The summed E-state index contributed by atoms with van der Waals surface area (Å²) in [5.74, 6) is 0.0915. The Labute approximate surface area is 160 Å².